The SMILES string of the molecule is CC/C=C\C/C=C\C/C=C\C/C=C\C/C=C\C/C=C\C/C=C\C/C=C\C/C=C\CCCCCCCCCCCC(=O)NC(COC1OC(CO)C(OC2OC(CO)C(OC3OC(CO)C(O)C(O)C3O)C(O)C2O)C(O)C1O)C(O)CCCCC. The third-order valence-corrected chi connectivity index (χ3v) is 15.1. The number of nitrogens with one attached hydrogen (secondary N) is 1. The Kier molecular flexibility index (Phi) is 42.3. The van der Waals surface area contributed by atoms with E-state index in [9.17, 15) is 61.0 Å². The number of ether oxygens (including phenoxy) is 6. The lowest BCUT2D eigenvalue weighted by Crippen LogP contribution is -2.66. The fourth-order valence-corrected chi connectivity index (χ4v) is 9.95. The Labute approximate surface area is 506 Å². The van der Waals surface area contributed by atoms with Gasteiger partial charge in [0.25, 0.3) is 0 Å². The van der Waals surface area contributed by atoms with Gasteiger partial charge in [-0.15, -0.1) is 0 Å². The molecule has 0 aromatic heterocycles. The molecule has 3 rings (SSSR count). The van der Waals surface area contributed by atoms with E-state index in [0.717, 1.165) is 103 Å². The Bertz CT molecular complexity index is 1970. The van der Waals surface area contributed by atoms with Crippen LogP contribution < -0.4 is 5.32 Å². The fourth-order valence-electron chi connectivity index (χ4n) is 9.95. The lowest BCUT2D eigenvalue weighted by molar-refractivity contribution is -0.379. The minimum absolute atomic E-state index is 0.249. The van der Waals surface area contributed by atoms with Crippen LogP contribution in [0.3, 0.4) is 0 Å². The molecule has 0 radical (unpaired) electrons. The largest absolute Gasteiger partial charge is 0.394 e. The number of aliphatic hydroxyl groups excluding tert-OH is 11. The van der Waals surface area contributed by atoms with Gasteiger partial charge in [-0.3, -0.25) is 4.79 Å². The van der Waals surface area contributed by atoms with Gasteiger partial charge in [-0.2, -0.15) is 0 Å². The van der Waals surface area contributed by atoms with Gasteiger partial charge in [-0.25, -0.2) is 0 Å². The van der Waals surface area contributed by atoms with Crippen LogP contribution >= 0.6 is 0 Å². The number of amides is 1. The second-order valence-corrected chi connectivity index (χ2v) is 22.1. The summed E-state index contributed by atoms with van der Waals surface area (Å²) >= 11 is 0. The van der Waals surface area contributed by atoms with E-state index in [1.54, 1.807) is 0 Å². The van der Waals surface area contributed by atoms with Crippen LogP contribution in [-0.4, -0.2) is 193 Å². The minimum atomic E-state index is -1.97. The maximum atomic E-state index is 13.2. The molecular weight excluding hydrogens is 1090 g/mol. The van der Waals surface area contributed by atoms with Crippen LogP contribution in [-0.2, 0) is 33.2 Å². The molecule has 1 amide bonds. The Balaban J connectivity index is 1.26. The second-order valence-electron chi connectivity index (χ2n) is 22.1. The van der Waals surface area contributed by atoms with Crippen LogP contribution in [0.5, 0.6) is 0 Å². The standard InChI is InChI=1S/C66H109NO18/c1-3-5-7-8-9-10-11-12-13-14-15-16-17-18-19-20-21-22-23-24-25-26-27-28-29-30-31-32-33-34-35-36-37-38-39-40-42-44-54(72)67-49(50(71)43-41-6-4-2)48-80-64-60(78)57(75)62(52(46-69)82-64)85-66-61(79)58(76)63(53(47-70)83-66)84-65-59(77)56(74)55(73)51(45-68)81-65/h5,7,9-10,12-13,15-16,18-19,21-22,24-25,27-28,30-31,49-53,55-66,68-71,73-79H,3-4,6,8,11,14,17,20,23,26,29,32-48H2,1-2H3,(H,67,72)/b7-5-,10-9-,13-12-,16-15-,19-18-,22-21-,25-24-,28-27-,31-30-. The normalized spacial score (nSPS) is 29.7. The van der Waals surface area contributed by atoms with Gasteiger partial charge in [0.05, 0.1) is 38.6 Å². The lowest BCUT2D eigenvalue weighted by Gasteiger charge is -2.48. The van der Waals surface area contributed by atoms with Crippen molar-refractivity contribution >= 4 is 5.91 Å². The predicted molar refractivity (Wildman–Crippen MR) is 327 cm³/mol. The van der Waals surface area contributed by atoms with Crippen molar-refractivity contribution in [3.8, 4) is 0 Å². The lowest BCUT2D eigenvalue weighted by atomic mass is 9.96. The summed E-state index contributed by atoms with van der Waals surface area (Å²) < 4.78 is 34.0. The van der Waals surface area contributed by atoms with Gasteiger partial charge >= 0.3 is 0 Å². The minimum Gasteiger partial charge on any atom is -0.394 e. The Morgan fingerprint density at radius 3 is 1.25 bits per heavy atom. The van der Waals surface area contributed by atoms with E-state index in [4.69, 9.17) is 28.4 Å². The molecule has 3 aliphatic rings. The third-order valence-electron chi connectivity index (χ3n) is 15.1. The molecule has 12 N–H and O–H groups in total. The molecule has 85 heavy (non-hydrogen) atoms. The maximum Gasteiger partial charge on any atom is 0.220 e. The first kappa shape index (κ1) is 75.7. The van der Waals surface area contributed by atoms with E-state index in [1.807, 2.05) is 6.92 Å². The number of rotatable bonds is 45. The quantitative estimate of drug-likeness (QED) is 0.0223. The molecular formula is C66H109NO18. The summed E-state index contributed by atoms with van der Waals surface area (Å²) in [6.45, 7) is 1.45. The summed E-state index contributed by atoms with van der Waals surface area (Å²) in [5.41, 5.74) is 0. The van der Waals surface area contributed by atoms with Gasteiger partial charge in [0.2, 0.25) is 5.91 Å². The average molecular weight is 1200 g/mol. The summed E-state index contributed by atoms with van der Waals surface area (Å²) in [6.07, 6.45) is 36.1. The molecule has 0 aromatic rings. The highest BCUT2D eigenvalue weighted by Crippen LogP contribution is 2.33. The van der Waals surface area contributed by atoms with Crippen LogP contribution in [0.4, 0.5) is 0 Å². The number of carbonyl (C=O) groups excluding carboxylic acids is 1. The summed E-state index contributed by atoms with van der Waals surface area (Å²) in [5, 5.41) is 119. The zero-order valence-electron chi connectivity index (χ0n) is 50.8. The number of carbonyl (C=O) groups is 1. The van der Waals surface area contributed by atoms with Crippen molar-refractivity contribution in [1.82, 2.24) is 5.32 Å². The molecule has 3 heterocycles. The van der Waals surface area contributed by atoms with Crippen molar-refractivity contribution in [3.63, 3.8) is 0 Å². The van der Waals surface area contributed by atoms with Crippen LogP contribution in [0.25, 0.3) is 0 Å². The van der Waals surface area contributed by atoms with Crippen molar-refractivity contribution in [2.24, 2.45) is 0 Å². The van der Waals surface area contributed by atoms with Crippen molar-refractivity contribution in [2.75, 3.05) is 26.4 Å². The fraction of sp³-hybridized carbons (Fsp3) is 0.712. The van der Waals surface area contributed by atoms with Gasteiger partial charge in [0, 0.05) is 6.42 Å². The Morgan fingerprint density at radius 2 is 0.812 bits per heavy atom. The van der Waals surface area contributed by atoms with Gasteiger partial charge in [-0.05, 0) is 83.5 Å². The molecule has 17 atom stereocenters. The topological polar surface area (TPSA) is 307 Å². The average Bonchev–Trinajstić information content (AvgIpc) is 3.44. The number of hydrogen-bond donors (Lipinski definition) is 12. The molecule has 19 nitrogen and oxygen atoms in total. The number of unbranched alkanes of at least 4 members (excludes halogenated alkanes) is 11. The molecule has 0 aromatic carbocycles. The smallest absolute Gasteiger partial charge is 0.220 e. The van der Waals surface area contributed by atoms with Gasteiger partial charge in [-0.1, -0.05) is 187 Å². The van der Waals surface area contributed by atoms with E-state index in [-0.39, 0.29) is 18.9 Å². The van der Waals surface area contributed by atoms with E-state index in [0.29, 0.717) is 19.3 Å². The van der Waals surface area contributed by atoms with E-state index >= 15 is 0 Å². The van der Waals surface area contributed by atoms with Crippen LogP contribution in [0.2, 0.25) is 0 Å². The van der Waals surface area contributed by atoms with Crippen LogP contribution in [0, 0.1) is 0 Å². The van der Waals surface area contributed by atoms with Crippen LogP contribution in [0.1, 0.15) is 168 Å². The number of allylic oxidation sites excluding steroid dienone is 18. The van der Waals surface area contributed by atoms with Gasteiger partial charge in [0.1, 0.15) is 73.2 Å². The first-order valence-electron chi connectivity index (χ1n) is 31.6. The molecule has 3 saturated heterocycles. The van der Waals surface area contributed by atoms with Crippen LogP contribution in [0.15, 0.2) is 109 Å². The first-order valence-corrected chi connectivity index (χ1v) is 31.6. The molecule has 19 heteroatoms. The van der Waals surface area contributed by atoms with E-state index in [1.165, 1.54) is 25.7 Å². The molecule has 3 fully saturated rings. The highest BCUT2D eigenvalue weighted by atomic mass is 16.8. The molecule has 0 saturated carbocycles. The van der Waals surface area contributed by atoms with E-state index < -0.39 is 124 Å². The molecule has 0 spiro atoms. The highest BCUT2D eigenvalue weighted by molar-refractivity contribution is 5.76. The Morgan fingerprint density at radius 1 is 0.435 bits per heavy atom. The molecule has 0 aliphatic carbocycles. The summed E-state index contributed by atoms with van der Waals surface area (Å²) in [6, 6.07) is -0.893. The molecule has 486 valence electrons. The highest BCUT2D eigenvalue weighted by Gasteiger charge is 2.53. The maximum absolute atomic E-state index is 13.2. The predicted octanol–water partition coefficient (Wildman–Crippen LogP) is 6.71. The zero-order chi connectivity index (χ0) is 61.9. The summed E-state index contributed by atoms with van der Waals surface area (Å²) in [7, 11) is 0. The van der Waals surface area contributed by atoms with Crippen molar-refractivity contribution in [2.45, 2.75) is 272 Å². The molecule has 0 bridgehead atoms. The van der Waals surface area contributed by atoms with E-state index in [2.05, 4.69) is 122 Å². The summed E-state index contributed by atoms with van der Waals surface area (Å²) in [4.78, 5) is 13.2. The number of aliphatic hydroxyl groups is 11. The second kappa shape index (κ2) is 47.5. The van der Waals surface area contributed by atoms with Gasteiger partial charge in [0.15, 0.2) is 18.9 Å². The first-order chi connectivity index (χ1) is 41.3. The molecule has 3 aliphatic heterocycles. The Hall–Kier alpha value is -3.55. The number of hydrogen-bond acceptors (Lipinski definition) is 18. The summed E-state index contributed by atoms with van der Waals surface area (Å²) in [5.74, 6) is -0.268. The van der Waals surface area contributed by atoms with Crippen molar-refractivity contribution in [3.05, 3.63) is 109 Å². The molecule has 17 unspecified atom stereocenters. The van der Waals surface area contributed by atoms with Crippen molar-refractivity contribution in [1.29, 1.82) is 0 Å². The monoisotopic (exact) mass is 1200 g/mol. The van der Waals surface area contributed by atoms with Gasteiger partial charge < -0.3 is 89.9 Å². The van der Waals surface area contributed by atoms with Crippen molar-refractivity contribution < 1.29 is 89.4 Å². The zero-order valence-corrected chi connectivity index (χ0v) is 50.8. The third kappa shape index (κ3) is 30.5.